The monoisotopic (exact) mass is 242 g/mol. The van der Waals surface area contributed by atoms with Gasteiger partial charge in [-0.05, 0) is 31.1 Å². The quantitative estimate of drug-likeness (QED) is 0.599. The van der Waals surface area contributed by atoms with Crippen molar-refractivity contribution >= 4 is 5.91 Å². The molecule has 1 aliphatic carbocycles. The van der Waals surface area contributed by atoms with Crippen LogP contribution in [-0.4, -0.2) is 39.3 Å². The summed E-state index contributed by atoms with van der Waals surface area (Å²) in [7, 11) is 1.67. The van der Waals surface area contributed by atoms with E-state index in [1.807, 2.05) is 0 Å². The second-order valence-electron chi connectivity index (χ2n) is 5.01. The molecule has 4 heteroatoms. The number of ether oxygens (including phenoxy) is 1. The molecular weight excluding hydrogens is 216 g/mol. The molecule has 0 atom stereocenters. The van der Waals surface area contributed by atoms with Crippen LogP contribution in [0, 0.1) is 5.41 Å². The second-order valence-corrected chi connectivity index (χ2v) is 5.01. The number of hydrogen-bond acceptors (Lipinski definition) is 3. The Morgan fingerprint density at radius 1 is 1.41 bits per heavy atom. The van der Waals surface area contributed by atoms with E-state index in [0.717, 1.165) is 13.0 Å². The van der Waals surface area contributed by atoms with Crippen LogP contribution in [0.15, 0.2) is 0 Å². The van der Waals surface area contributed by atoms with Gasteiger partial charge in [0, 0.05) is 26.8 Å². The smallest absolute Gasteiger partial charge is 0.233 e. The lowest BCUT2D eigenvalue weighted by molar-refractivity contribution is -0.120. The van der Waals surface area contributed by atoms with E-state index in [0.29, 0.717) is 25.1 Å². The third-order valence-corrected chi connectivity index (χ3v) is 3.80. The molecule has 0 aromatic rings. The van der Waals surface area contributed by atoms with E-state index in [2.05, 4.69) is 17.6 Å². The molecule has 100 valence electrons. The highest BCUT2D eigenvalue weighted by atomic mass is 16.5. The van der Waals surface area contributed by atoms with Crippen LogP contribution in [0.25, 0.3) is 0 Å². The van der Waals surface area contributed by atoms with E-state index in [1.165, 1.54) is 25.7 Å². The van der Waals surface area contributed by atoms with Crippen LogP contribution in [0.1, 0.15) is 39.0 Å². The van der Waals surface area contributed by atoms with Gasteiger partial charge in [-0.2, -0.15) is 0 Å². The van der Waals surface area contributed by atoms with Crippen molar-refractivity contribution in [3.63, 3.8) is 0 Å². The lowest BCUT2D eigenvalue weighted by atomic mass is 9.67. The molecule has 2 N–H and O–H groups in total. The first-order chi connectivity index (χ1) is 8.22. The van der Waals surface area contributed by atoms with Crippen LogP contribution >= 0.6 is 0 Å². The third kappa shape index (κ3) is 5.04. The molecule has 0 aliphatic heterocycles. The topological polar surface area (TPSA) is 50.4 Å². The molecule has 1 amide bonds. The molecule has 0 radical (unpaired) electrons. The van der Waals surface area contributed by atoms with Crippen molar-refractivity contribution in [1.29, 1.82) is 0 Å². The first-order valence-electron chi connectivity index (χ1n) is 6.69. The fourth-order valence-electron chi connectivity index (χ4n) is 2.28. The molecule has 0 aromatic carbocycles. The van der Waals surface area contributed by atoms with Gasteiger partial charge >= 0.3 is 0 Å². The van der Waals surface area contributed by atoms with Crippen LogP contribution < -0.4 is 10.6 Å². The summed E-state index contributed by atoms with van der Waals surface area (Å²) in [5.74, 6) is 0.0895. The fraction of sp³-hybridized carbons (Fsp3) is 0.923. The Balaban J connectivity index is 2.00. The fourth-order valence-corrected chi connectivity index (χ4v) is 2.28. The average molecular weight is 242 g/mol. The maximum absolute atomic E-state index is 11.5. The van der Waals surface area contributed by atoms with Gasteiger partial charge in [0.15, 0.2) is 0 Å². The van der Waals surface area contributed by atoms with Crippen LogP contribution in [-0.2, 0) is 9.53 Å². The Bertz CT molecular complexity index is 222. The van der Waals surface area contributed by atoms with E-state index in [-0.39, 0.29) is 5.91 Å². The summed E-state index contributed by atoms with van der Waals surface area (Å²) < 4.78 is 4.92. The predicted octanol–water partition coefficient (Wildman–Crippen LogP) is 1.31. The summed E-state index contributed by atoms with van der Waals surface area (Å²) in [5, 5.41) is 6.15. The number of carbonyl (C=O) groups excluding carboxylic acids is 1. The highest BCUT2D eigenvalue weighted by Gasteiger charge is 2.34. The number of nitrogens with one attached hydrogen (secondary N) is 2. The number of carbonyl (C=O) groups is 1. The van der Waals surface area contributed by atoms with Crippen molar-refractivity contribution in [1.82, 2.24) is 10.6 Å². The molecule has 1 fully saturated rings. The van der Waals surface area contributed by atoms with Gasteiger partial charge in [-0.15, -0.1) is 0 Å². The Morgan fingerprint density at radius 2 is 2.18 bits per heavy atom. The molecule has 0 bridgehead atoms. The first-order valence-corrected chi connectivity index (χ1v) is 6.69. The third-order valence-electron chi connectivity index (χ3n) is 3.80. The zero-order valence-corrected chi connectivity index (χ0v) is 11.2. The van der Waals surface area contributed by atoms with Crippen molar-refractivity contribution in [2.75, 3.05) is 33.4 Å². The van der Waals surface area contributed by atoms with E-state index in [9.17, 15) is 4.79 Å². The molecule has 0 spiro atoms. The van der Waals surface area contributed by atoms with Crippen LogP contribution in [0.3, 0.4) is 0 Å². The number of hydrogen-bond donors (Lipinski definition) is 2. The van der Waals surface area contributed by atoms with Crippen molar-refractivity contribution in [2.45, 2.75) is 39.0 Å². The standard InChI is InChI=1S/C13H26N2O2/c1-3-13(6-4-7-13)11-14-10-12(16)15-8-5-9-17-2/h14H,3-11H2,1-2H3,(H,15,16). The van der Waals surface area contributed by atoms with Gasteiger partial charge in [-0.25, -0.2) is 0 Å². The maximum Gasteiger partial charge on any atom is 0.233 e. The van der Waals surface area contributed by atoms with Gasteiger partial charge in [0.25, 0.3) is 0 Å². The van der Waals surface area contributed by atoms with Crippen molar-refractivity contribution in [2.24, 2.45) is 5.41 Å². The Hall–Kier alpha value is -0.610. The van der Waals surface area contributed by atoms with Gasteiger partial charge in [-0.1, -0.05) is 13.3 Å². The van der Waals surface area contributed by atoms with E-state index < -0.39 is 0 Å². The summed E-state index contributed by atoms with van der Waals surface area (Å²) in [5.41, 5.74) is 0.482. The molecule has 17 heavy (non-hydrogen) atoms. The second kappa shape index (κ2) is 7.67. The van der Waals surface area contributed by atoms with Crippen LogP contribution in [0.2, 0.25) is 0 Å². The van der Waals surface area contributed by atoms with Gasteiger partial charge in [0.1, 0.15) is 0 Å². The molecule has 1 aliphatic rings. The van der Waals surface area contributed by atoms with Crippen LogP contribution in [0.4, 0.5) is 0 Å². The van der Waals surface area contributed by atoms with Gasteiger partial charge in [0.05, 0.1) is 6.54 Å². The van der Waals surface area contributed by atoms with Gasteiger partial charge in [-0.3, -0.25) is 4.79 Å². The summed E-state index contributed by atoms with van der Waals surface area (Å²) >= 11 is 0. The summed E-state index contributed by atoms with van der Waals surface area (Å²) in [4.78, 5) is 11.5. The summed E-state index contributed by atoms with van der Waals surface area (Å²) in [6, 6.07) is 0. The number of rotatable bonds is 9. The predicted molar refractivity (Wildman–Crippen MR) is 68.9 cm³/mol. The molecule has 0 heterocycles. The van der Waals surface area contributed by atoms with E-state index in [4.69, 9.17) is 4.74 Å². The highest BCUT2D eigenvalue weighted by molar-refractivity contribution is 5.77. The van der Waals surface area contributed by atoms with Gasteiger partial charge in [0.2, 0.25) is 5.91 Å². The average Bonchev–Trinajstić information content (AvgIpc) is 2.28. The Labute approximate surface area is 104 Å². The number of amides is 1. The van der Waals surface area contributed by atoms with Crippen molar-refractivity contribution in [3.05, 3.63) is 0 Å². The Kier molecular flexibility index (Phi) is 6.52. The molecule has 0 saturated heterocycles. The lowest BCUT2D eigenvalue weighted by Crippen LogP contribution is -2.43. The van der Waals surface area contributed by atoms with E-state index >= 15 is 0 Å². The summed E-state index contributed by atoms with van der Waals surface area (Å²) in [6.07, 6.45) is 6.06. The SMILES string of the molecule is CCC1(CNCC(=O)NCCCOC)CCC1. The van der Waals surface area contributed by atoms with Crippen molar-refractivity contribution in [3.8, 4) is 0 Å². The largest absolute Gasteiger partial charge is 0.385 e. The molecular formula is C13H26N2O2. The zero-order chi connectivity index (χ0) is 12.6. The van der Waals surface area contributed by atoms with Gasteiger partial charge < -0.3 is 15.4 Å². The van der Waals surface area contributed by atoms with E-state index in [1.54, 1.807) is 7.11 Å². The molecule has 1 saturated carbocycles. The first kappa shape index (κ1) is 14.5. The zero-order valence-electron chi connectivity index (χ0n) is 11.2. The normalized spacial score (nSPS) is 17.5. The minimum absolute atomic E-state index is 0.0895. The Morgan fingerprint density at radius 3 is 2.71 bits per heavy atom. The molecule has 4 nitrogen and oxygen atoms in total. The van der Waals surface area contributed by atoms with Crippen LogP contribution in [0.5, 0.6) is 0 Å². The lowest BCUT2D eigenvalue weighted by Gasteiger charge is -2.41. The maximum atomic E-state index is 11.5. The van der Waals surface area contributed by atoms with Crippen molar-refractivity contribution < 1.29 is 9.53 Å². The number of methoxy groups -OCH3 is 1. The molecule has 1 rings (SSSR count). The minimum Gasteiger partial charge on any atom is -0.385 e. The molecule has 0 unspecified atom stereocenters. The highest BCUT2D eigenvalue weighted by Crippen LogP contribution is 2.42. The minimum atomic E-state index is 0.0895. The molecule has 0 aromatic heterocycles. The summed E-state index contributed by atoms with van der Waals surface area (Å²) in [6.45, 7) is 5.06.